The first-order valence-electron chi connectivity index (χ1n) is 6.72. The Morgan fingerprint density at radius 1 is 0.731 bits per heavy atom. The van der Waals surface area contributed by atoms with Crippen molar-refractivity contribution in [2.24, 2.45) is 9.98 Å². The molecule has 0 aliphatic heterocycles. The zero-order valence-electron chi connectivity index (χ0n) is 12.4. The lowest BCUT2D eigenvalue weighted by Crippen LogP contribution is -2.08. The number of hydrogen-bond donors (Lipinski definition) is 2. The van der Waals surface area contributed by atoms with Crippen LogP contribution in [0.3, 0.4) is 0 Å². The van der Waals surface area contributed by atoms with Crippen molar-refractivity contribution in [3.8, 4) is 0 Å². The van der Waals surface area contributed by atoms with E-state index in [4.69, 9.17) is 23.2 Å². The third-order valence-electron chi connectivity index (χ3n) is 3.15. The highest BCUT2D eigenvalue weighted by Crippen LogP contribution is 2.26. The molecule has 3 rings (SSSR count). The zero-order valence-corrected chi connectivity index (χ0v) is 13.9. The highest BCUT2D eigenvalue weighted by Gasteiger charge is 2.23. The second-order valence-corrected chi connectivity index (χ2v) is 5.49. The van der Waals surface area contributed by atoms with Gasteiger partial charge in [0.1, 0.15) is 21.7 Å². The van der Waals surface area contributed by atoms with Gasteiger partial charge in [-0.2, -0.15) is 10.2 Å². The van der Waals surface area contributed by atoms with Crippen LogP contribution in [0.5, 0.6) is 0 Å². The van der Waals surface area contributed by atoms with Crippen molar-refractivity contribution in [3.63, 3.8) is 0 Å². The van der Waals surface area contributed by atoms with Crippen LogP contribution in [0.25, 0.3) is 0 Å². The molecule has 6 nitrogen and oxygen atoms in total. The fourth-order valence-corrected chi connectivity index (χ4v) is 2.16. The molecular weight excluding hydrogens is 399 g/mol. The molecule has 0 saturated heterocycles. The van der Waals surface area contributed by atoms with Crippen LogP contribution >= 0.6 is 23.2 Å². The predicted molar refractivity (Wildman–Crippen MR) is 88.0 cm³/mol. The second-order valence-electron chi connectivity index (χ2n) is 4.74. The van der Waals surface area contributed by atoms with Crippen molar-refractivity contribution < 1.29 is 17.6 Å². The van der Waals surface area contributed by atoms with Gasteiger partial charge in [0, 0.05) is 12.4 Å². The Balaban J connectivity index is 2.02. The molecule has 0 unspecified atom stereocenters. The van der Waals surface area contributed by atoms with Gasteiger partial charge in [-0.3, -0.25) is 20.2 Å². The van der Waals surface area contributed by atoms with Crippen molar-refractivity contribution in [1.29, 1.82) is 0 Å². The molecule has 12 heteroatoms. The summed E-state index contributed by atoms with van der Waals surface area (Å²) in [5.41, 5.74) is -1.97. The molecule has 0 aliphatic carbocycles. The summed E-state index contributed by atoms with van der Waals surface area (Å²) in [4.78, 5) is 7.28. The van der Waals surface area contributed by atoms with E-state index in [0.717, 1.165) is 12.4 Å². The molecule has 1 aromatic carbocycles. The lowest BCUT2D eigenvalue weighted by Gasteiger charge is -2.06. The average molecular weight is 405 g/mol. The number of benzene rings is 1. The molecular formula is C14H6Cl2F4N6. The van der Waals surface area contributed by atoms with Crippen LogP contribution < -0.4 is 0 Å². The Kier molecular flexibility index (Phi) is 5.05. The zero-order chi connectivity index (χ0) is 18.8. The van der Waals surface area contributed by atoms with Gasteiger partial charge in [0.2, 0.25) is 0 Å². The first-order valence-corrected chi connectivity index (χ1v) is 7.47. The molecule has 0 amide bonds. The van der Waals surface area contributed by atoms with E-state index in [1.807, 2.05) is 0 Å². The fraction of sp³-hybridized carbons (Fsp3) is 0. The maximum Gasteiger partial charge on any atom is 0.171 e. The van der Waals surface area contributed by atoms with Crippen molar-refractivity contribution in [1.82, 2.24) is 20.4 Å². The van der Waals surface area contributed by atoms with E-state index < -0.39 is 34.4 Å². The monoisotopic (exact) mass is 404 g/mol. The van der Waals surface area contributed by atoms with Gasteiger partial charge in [0.25, 0.3) is 0 Å². The number of aromatic nitrogens is 4. The Morgan fingerprint density at radius 2 is 1.08 bits per heavy atom. The summed E-state index contributed by atoms with van der Waals surface area (Å²) in [6.07, 6.45) is 3.52. The number of halogens is 6. The van der Waals surface area contributed by atoms with Crippen LogP contribution in [0.15, 0.2) is 22.4 Å². The minimum atomic E-state index is -1.65. The highest BCUT2D eigenvalue weighted by molar-refractivity contribution is 6.32. The van der Waals surface area contributed by atoms with Gasteiger partial charge in [-0.15, -0.1) is 0 Å². The molecule has 0 spiro atoms. The molecule has 0 aliphatic rings. The smallest absolute Gasteiger partial charge is 0.171 e. The van der Waals surface area contributed by atoms with Crippen molar-refractivity contribution in [2.45, 2.75) is 0 Å². The SMILES string of the molecule is Fc1c(F)c(C=Nc2cn[nH]c2Cl)c(F)c(F)c1C=Nc1cn[nH]c1Cl. The number of aliphatic imine (C=N–C) groups is 2. The summed E-state index contributed by atoms with van der Waals surface area (Å²) in [5, 5.41) is 11.7. The van der Waals surface area contributed by atoms with Gasteiger partial charge < -0.3 is 0 Å². The van der Waals surface area contributed by atoms with Crippen LogP contribution in [-0.2, 0) is 0 Å². The summed E-state index contributed by atoms with van der Waals surface area (Å²) in [6, 6.07) is 0. The Morgan fingerprint density at radius 3 is 1.35 bits per heavy atom. The molecule has 0 bridgehead atoms. The Hall–Kier alpha value is -2.72. The van der Waals surface area contributed by atoms with Gasteiger partial charge in [0.15, 0.2) is 23.3 Å². The number of H-pyrrole nitrogens is 2. The summed E-state index contributed by atoms with van der Waals surface area (Å²) in [5.74, 6) is -6.59. The van der Waals surface area contributed by atoms with Crippen LogP contribution in [0.1, 0.15) is 11.1 Å². The molecule has 0 fully saturated rings. The van der Waals surface area contributed by atoms with Gasteiger partial charge in [0.05, 0.1) is 23.5 Å². The quantitative estimate of drug-likeness (QED) is 0.381. The van der Waals surface area contributed by atoms with Crippen molar-refractivity contribution in [3.05, 3.63) is 57.1 Å². The molecule has 2 N–H and O–H groups in total. The number of aromatic amines is 2. The van der Waals surface area contributed by atoms with E-state index in [-0.39, 0.29) is 21.7 Å². The molecule has 0 radical (unpaired) electrons. The number of nitrogens with one attached hydrogen (secondary N) is 2. The second kappa shape index (κ2) is 7.26. The predicted octanol–water partition coefficient (Wildman–Crippen LogP) is 4.50. The minimum Gasteiger partial charge on any atom is -0.265 e. The van der Waals surface area contributed by atoms with Crippen molar-refractivity contribution >= 4 is 47.0 Å². The van der Waals surface area contributed by atoms with E-state index in [1.54, 1.807) is 0 Å². The maximum atomic E-state index is 14.1. The number of rotatable bonds is 4. The fourth-order valence-electron chi connectivity index (χ4n) is 1.87. The van der Waals surface area contributed by atoms with E-state index in [2.05, 4.69) is 30.4 Å². The summed E-state index contributed by atoms with van der Waals surface area (Å²) in [6.45, 7) is 0. The first kappa shape index (κ1) is 18.1. The largest absolute Gasteiger partial charge is 0.265 e. The molecule has 134 valence electrons. The standard InChI is InChI=1S/C14H6Cl2F4N6/c15-13-7(3-23-25-13)21-1-5-9(17)11(19)6(12(20)10(5)18)2-22-8-4-24-26-14(8)16/h1-4H,(H,23,25)(H,24,26). The molecule has 2 aromatic heterocycles. The summed E-state index contributed by atoms with van der Waals surface area (Å²) < 4.78 is 56.6. The van der Waals surface area contributed by atoms with Crippen LogP contribution in [0.2, 0.25) is 10.3 Å². The van der Waals surface area contributed by atoms with Crippen LogP contribution in [0, 0.1) is 23.3 Å². The first-order chi connectivity index (χ1) is 12.4. The average Bonchev–Trinajstić information content (AvgIpc) is 3.21. The molecule has 2 heterocycles. The Labute approximate surface area is 152 Å². The van der Waals surface area contributed by atoms with Crippen LogP contribution in [-0.4, -0.2) is 32.8 Å². The third kappa shape index (κ3) is 3.33. The third-order valence-corrected chi connectivity index (χ3v) is 3.70. The molecule has 3 aromatic rings. The minimum absolute atomic E-state index is 0.0104. The molecule has 0 atom stereocenters. The van der Waals surface area contributed by atoms with Crippen LogP contribution in [0.4, 0.5) is 28.9 Å². The van der Waals surface area contributed by atoms with E-state index in [1.165, 1.54) is 0 Å². The van der Waals surface area contributed by atoms with Gasteiger partial charge in [-0.25, -0.2) is 17.6 Å². The molecule has 0 saturated carbocycles. The van der Waals surface area contributed by atoms with E-state index in [0.29, 0.717) is 12.4 Å². The van der Waals surface area contributed by atoms with Gasteiger partial charge in [-0.1, -0.05) is 23.2 Å². The lowest BCUT2D eigenvalue weighted by molar-refractivity contribution is 0.450. The van der Waals surface area contributed by atoms with Gasteiger partial charge in [-0.05, 0) is 0 Å². The number of nitrogens with zero attached hydrogens (tertiary/aromatic N) is 4. The maximum absolute atomic E-state index is 14.1. The van der Waals surface area contributed by atoms with E-state index in [9.17, 15) is 17.6 Å². The topological polar surface area (TPSA) is 82.1 Å². The van der Waals surface area contributed by atoms with E-state index >= 15 is 0 Å². The Bertz CT molecular complexity index is 916. The van der Waals surface area contributed by atoms with Crippen molar-refractivity contribution in [2.75, 3.05) is 0 Å². The normalized spacial score (nSPS) is 11.9. The lowest BCUT2D eigenvalue weighted by atomic mass is 10.1. The molecule has 26 heavy (non-hydrogen) atoms. The summed E-state index contributed by atoms with van der Waals surface area (Å²) in [7, 11) is 0. The summed E-state index contributed by atoms with van der Waals surface area (Å²) >= 11 is 11.3. The highest BCUT2D eigenvalue weighted by atomic mass is 35.5. The number of hydrogen-bond acceptors (Lipinski definition) is 4. The van der Waals surface area contributed by atoms with Gasteiger partial charge >= 0.3 is 0 Å².